The molecule has 8 nitrogen and oxygen atoms in total. The molecule has 0 aliphatic heterocycles. The van der Waals surface area contributed by atoms with Gasteiger partial charge in [0.05, 0.1) is 12.8 Å². The Labute approximate surface area is 115 Å². The number of nitrogens with one attached hydrogen (secondary N) is 1. The van der Waals surface area contributed by atoms with Crippen LogP contribution < -0.4 is 5.32 Å². The molecule has 0 spiro atoms. The van der Waals surface area contributed by atoms with Gasteiger partial charge < -0.3 is 10.1 Å². The van der Waals surface area contributed by atoms with Gasteiger partial charge in [-0.05, 0) is 6.92 Å². The number of esters is 1. The minimum absolute atomic E-state index is 0.194. The highest BCUT2D eigenvalue weighted by Crippen LogP contribution is 2.20. The standard InChI is InChI=1S/C12H12N6O2/c1-3-20-12(19)9-6-14-7-15-10(9)17-11-8(4-13)5-16-18(11)2/h5-7H,3H2,1-2H3,(H,14,15,17). The molecule has 0 saturated heterocycles. The summed E-state index contributed by atoms with van der Waals surface area (Å²) in [6, 6.07) is 2.01. The topological polar surface area (TPSA) is 106 Å². The zero-order chi connectivity index (χ0) is 14.5. The van der Waals surface area contributed by atoms with E-state index in [1.807, 2.05) is 6.07 Å². The van der Waals surface area contributed by atoms with Crippen molar-refractivity contribution >= 4 is 17.6 Å². The molecule has 0 atom stereocenters. The molecule has 0 aromatic carbocycles. The van der Waals surface area contributed by atoms with Gasteiger partial charge in [0.2, 0.25) is 0 Å². The molecule has 0 unspecified atom stereocenters. The van der Waals surface area contributed by atoms with Crippen molar-refractivity contribution in [2.24, 2.45) is 7.05 Å². The zero-order valence-electron chi connectivity index (χ0n) is 11.0. The molecule has 1 N–H and O–H groups in total. The number of carbonyl (C=O) groups excluding carboxylic acids is 1. The van der Waals surface area contributed by atoms with Crippen LogP contribution in [0.2, 0.25) is 0 Å². The van der Waals surface area contributed by atoms with E-state index in [9.17, 15) is 4.79 Å². The number of hydrogen-bond donors (Lipinski definition) is 1. The average molecular weight is 272 g/mol. The van der Waals surface area contributed by atoms with Crippen molar-refractivity contribution < 1.29 is 9.53 Å². The van der Waals surface area contributed by atoms with Crippen LogP contribution >= 0.6 is 0 Å². The molecule has 20 heavy (non-hydrogen) atoms. The van der Waals surface area contributed by atoms with Crippen molar-refractivity contribution in [2.45, 2.75) is 6.92 Å². The average Bonchev–Trinajstić information content (AvgIpc) is 2.80. The Hall–Kier alpha value is -2.95. The van der Waals surface area contributed by atoms with Crippen LogP contribution in [0, 0.1) is 11.3 Å². The predicted octanol–water partition coefficient (Wildman–Crippen LogP) is 1.00. The van der Waals surface area contributed by atoms with E-state index in [4.69, 9.17) is 10.00 Å². The van der Waals surface area contributed by atoms with Gasteiger partial charge in [-0.25, -0.2) is 14.8 Å². The zero-order valence-corrected chi connectivity index (χ0v) is 11.0. The lowest BCUT2D eigenvalue weighted by Gasteiger charge is -2.09. The van der Waals surface area contributed by atoms with Gasteiger partial charge in [0.15, 0.2) is 0 Å². The van der Waals surface area contributed by atoms with Gasteiger partial charge in [0.25, 0.3) is 0 Å². The third kappa shape index (κ3) is 2.56. The first-order valence-electron chi connectivity index (χ1n) is 5.83. The number of nitriles is 1. The molecule has 2 rings (SSSR count). The molecule has 0 amide bonds. The predicted molar refractivity (Wildman–Crippen MR) is 69.2 cm³/mol. The van der Waals surface area contributed by atoms with Gasteiger partial charge >= 0.3 is 5.97 Å². The third-order valence-electron chi connectivity index (χ3n) is 2.50. The van der Waals surface area contributed by atoms with Gasteiger partial charge in [0.1, 0.15) is 35.2 Å². The van der Waals surface area contributed by atoms with Crippen LogP contribution in [0.1, 0.15) is 22.8 Å². The molecule has 0 aliphatic rings. The first-order valence-corrected chi connectivity index (χ1v) is 5.83. The van der Waals surface area contributed by atoms with Crippen molar-refractivity contribution in [3.63, 3.8) is 0 Å². The Morgan fingerprint density at radius 3 is 3.05 bits per heavy atom. The van der Waals surface area contributed by atoms with E-state index < -0.39 is 5.97 Å². The number of ether oxygens (including phenoxy) is 1. The Balaban J connectivity index is 2.37. The van der Waals surface area contributed by atoms with Crippen LogP contribution in [0.4, 0.5) is 11.6 Å². The van der Waals surface area contributed by atoms with E-state index in [-0.39, 0.29) is 18.0 Å². The van der Waals surface area contributed by atoms with Crippen LogP contribution in [0.15, 0.2) is 18.7 Å². The first-order chi connectivity index (χ1) is 9.67. The maximum absolute atomic E-state index is 11.8. The molecule has 0 fully saturated rings. The molecule has 2 aromatic heterocycles. The number of nitrogens with zero attached hydrogens (tertiary/aromatic N) is 5. The van der Waals surface area contributed by atoms with Crippen molar-refractivity contribution in [1.29, 1.82) is 5.26 Å². The third-order valence-corrected chi connectivity index (χ3v) is 2.50. The highest BCUT2D eigenvalue weighted by atomic mass is 16.5. The molecule has 0 aliphatic carbocycles. The van der Waals surface area contributed by atoms with E-state index in [2.05, 4.69) is 20.4 Å². The minimum atomic E-state index is -0.531. The molecular weight excluding hydrogens is 260 g/mol. The summed E-state index contributed by atoms with van der Waals surface area (Å²) in [6.45, 7) is 1.96. The fourth-order valence-corrected chi connectivity index (χ4v) is 1.57. The second-order valence-corrected chi connectivity index (χ2v) is 3.77. The lowest BCUT2D eigenvalue weighted by atomic mass is 10.3. The molecule has 2 aromatic rings. The quantitative estimate of drug-likeness (QED) is 0.827. The second kappa shape index (κ2) is 5.79. The van der Waals surface area contributed by atoms with E-state index in [1.54, 1.807) is 14.0 Å². The summed E-state index contributed by atoms with van der Waals surface area (Å²) in [4.78, 5) is 19.6. The summed E-state index contributed by atoms with van der Waals surface area (Å²) in [5.74, 6) is 0.173. The number of carbonyl (C=O) groups is 1. The Morgan fingerprint density at radius 1 is 1.55 bits per heavy atom. The maximum Gasteiger partial charge on any atom is 0.343 e. The number of hydrogen-bond acceptors (Lipinski definition) is 7. The minimum Gasteiger partial charge on any atom is -0.462 e. The summed E-state index contributed by atoms with van der Waals surface area (Å²) in [5.41, 5.74) is 0.542. The Morgan fingerprint density at radius 2 is 2.35 bits per heavy atom. The summed E-state index contributed by atoms with van der Waals surface area (Å²) in [7, 11) is 1.68. The molecule has 0 bridgehead atoms. The van der Waals surface area contributed by atoms with Crippen LogP contribution in [-0.2, 0) is 11.8 Å². The smallest absolute Gasteiger partial charge is 0.343 e. The SMILES string of the molecule is CCOC(=O)c1cncnc1Nc1c(C#N)cnn1C. The van der Waals surface area contributed by atoms with E-state index in [1.165, 1.54) is 23.4 Å². The van der Waals surface area contributed by atoms with E-state index >= 15 is 0 Å². The van der Waals surface area contributed by atoms with Gasteiger partial charge in [-0.3, -0.25) is 4.68 Å². The van der Waals surface area contributed by atoms with Crippen molar-refractivity contribution in [1.82, 2.24) is 19.7 Å². The van der Waals surface area contributed by atoms with Gasteiger partial charge in [0, 0.05) is 13.2 Å². The maximum atomic E-state index is 11.8. The van der Waals surface area contributed by atoms with Crippen LogP contribution in [0.3, 0.4) is 0 Å². The lowest BCUT2D eigenvalue weighted by molar-refractivity contribution is 0.0526. The summed E-state index contributed by atoms with van der Waals surface area (Å²) in [6.07, 6.45) is 4.08. The monoisotopic (exact) mass is 272 g/mol. The Kier molecular flexibility index (Phi) is 3.91. The van der Waals surface area contributed by atoms with Gasteiger partial charge in [-0.1, -0.05) is 0 Å². The van der Waals surface area contributed by atoms with Crippen LogP contribution in [0.25, 0.3) is 0 Å². The van der Waals surface area contributed by atoms with Gasteiger partial charge in [-0.15, -0.1) is 0 Å². The summed E-state index contributed by atoms with van der Waals surface area (Å²) in [5, 5.41) is 15.9. The lowest BCUT2D eigenvalue weighted by Crippen LogP contribution is -2.11. The largest absolute Gasteiger partial charge is 0.462 e. The highest BCUT2D eigenvalue weighted by Gasteiger charge is 2.17. The molecule has 0 saturated carbocycles. The molecule has 2 heterocycles. The van der Waals surface area contributed by atoms with Crippen molar-refractivity contribution in [2.75, 3.05) is 11.9 Å². The highest BCUT2D eigenvalue weighted by molar-refractivity contribution is 5.95. The van der Waals surface area contributed by atoms with E-state index in [0.29, 0.717) is 11.4 Å². The van der Waals surface area contributed by atoms with Gasteiger partial charge in [-0.2, -0.15) is 10.4 Å². The number of aromatic nitrogens is 4. The van der Waals surface area contributed by atoms with E-state index in [0.717, 1.165) is 0 Å². The molecule has 102 valence electrons. The normalized spacial score (nSPS) is 9.85. The fourth-order valence-electron chi connectivity index (χ4n) is 1.57. The number of rotatable bonds is 4. The number of anilines is 2. The summed E-state index contributed by atoms with van der Waals surface area (Å²) < 4.78 is 6.41. The van der Waals surface area contributed by atoms with Crippen LogP contribution in [0.5, 0.6) is 0 Å². The summed E-state index contributed by atoms with van der Waals surface area (Å²) >= 11 is 0. The Bertz CT molecular complexity index is 673. The first kappa shape index (κ1) is 13.5. The second-order valence-electron chi connectivity index (χ2n) is 3.77. The molecule has 8 heteroatoms. The fraction of sp³-hybridized carbons (Fsp3) is 0.250. The number of aryl methyl sites for hydroxylation is 1. The van der Waals surface area contributed by atoms with Crippen molar-refractivity contribution in [3.05, 3.63) is 29.8 Å². The molecule has 0 radical (unpaired) electrons. The molecular formula is C12H12N6O2. The van der Waals surface area contributed by atoms with Crippen LogP contribution in [-0.4, -0.2) is 32.3 Å². The van der Waals surface area contributed by atoms with Crippen molar-refractivity contribution in [3.8, 4) is 6.07 Å².